The van der Waals surface area contributed by atoms with Gasteiger partial charge in [0.05, 0.1) is 12.5 Å². The fourth-order valence-electron chi connectivity index (χ4n) is 1.39. The molecule has 0 fully saturated rings. The standard InChI is InChI=1S/C9H11ClN4O/c10-9-11-5-7-8(13-9)14(6-12-7)3-1-2-4-15/h5-6,15H,1-4H2. The van der Waals surface area contributed by atoms with Crippen LogP contribution in [0.1, 0.15) is 12.8 Å². The van der Waals surface area contributed by atoms with E-state index in [0.717, 1.165) is 30.6 Å². The highest BCUT2D eigenvalue weighted by molar-refractivity contribution is 6.28. The van der Waals surface area contributed by atoms with Crippen LogP contribution < -0.4 is 0 Å². The molecule has 0 aliphatic heterocycles. The summed E-state index contributed by atoms with van der Waals surface area (Å²) in [5, 5.41) is 8.91. The number of aryl methyl sites for hydroxylation is 1. The monoisotopic (exact) mass is 226 g/mol. The van der Waals surface area contributed by atoms with Crippen molar-refractivity contribution < 1.29 is 5.11 Å². The molecule has 0 spiro atoms. The Labute approximate surface area is 91.7 Å². The van der Waals surface area contributed by atoms with Gasteiger partial charge in [-0.25, -0.2) is 9.97 Å². The van der Waals surface area contributed by atoms with Crippen LogP contribution in [-0.4, -0.2) is 31.2 Å². The van der Waals surface area contributed by atoms with Gasteiger partial charge in [-0.3, -0.25) is 0 Å². The second-order valence-corrected chi connectivity index (χ2v) is 3.55. The Bertz CT molecular complexity index is 456. The van der Waals surface area contributed by atoms with Gasteiger partial charge in [0.15, 0.2) is 5.65 Å². The molecule has 0 bridgehead atoms. The molecule has 0 aromatic carbocycles. The highest BCUT2D eigenvalue weighted by atomic mass is 35.5. The van der Waals surface area contributed by atoms with Gasteiger partial charge in [-0.1, -0.05) is 0 Å². The van der Waals surface area contributed by atoms with Gasteiger partial charge in [-0.2, -0.15) is 4.98 Å². The Morgan fingerprint density at radius 3 is 3.00 bits per heavy atom. The second kappa shape index (κ2) is 4.55. The van der Waals surface area contributed by atoms with Crippen molar-refractivity contribution in [2.45, 2.75) is 19.4 Å². The second-order valence-electron chi connectivity index (χ2n) is 3.22. The Kier molecular flexibility index (Phi) is 3.13. The molecule has 0 radical (unpaired) electrons. The Morgan fingerprint density at radius 1 is 1.33 bits per heavy atom. The minimum absolute atomic E-state index is 0.211. The van der Waals surface area contributed by atoms with E-state index in [1.54, 1.807) is 12.5 Å². The predicted octanol–water partition coefficient (Wildman–Crippen LogP) is 1.25. The zero-order valence-corrected chi connectivity index (χ0v) is 8.85. The van der Waals surface area contributed by atoms with Gasteiger partial charge in [0.2, 0.25) is 5.28 Å². The molecule has 0 aliphatic rings. The van der Waals surface area contributed by atoms with E-state index in [-0.39, 0.29) is 11.9 Å². The van der Waals surface area contributed by atoms with E-state index in [0.29, 0.717) is 0 Å². The lowest BCUT2D eigenvalue weighted by Gasteiger charge is -2.01. The van der Waals surface area contributed by atoms with Crippen LogP contribution in [0.2, 0.25) is 5.28 Å². The topological polar surface area (TPSA) is 63.8 Å². The predicted molar refractivity (Wildman–Crippen MR) is 56.7 cm³/mol. The molecule has 15 heavy (non-hydrogen) atoms. The van der Waals surface area contributed by atoms with E-state index in [9.17, 15) is 0 Å². The molecule has 0 saturated carbocycles. The smallest absolute Gasteiger partial charge is 0.224 e. The molecule has 80 valence electrons. The van der Waals surface area contributed by atoms with E-state index < -0.39 is 0 Å². The Balaban J connectivity index is 2.23. The summed E-state index contributed by atoms with van der Waals surface area (Å²) in [5.74, 6) is 0. The first-order valence-electron chi connectivity index (χ1n) is 4.75. The van der Waals surface area contributed by atoms with Crippen molar-refractivity contribution in [3.05, 3.63) is 17.8 Å². The highest BCUT2D eigenvalue weighted by Crippen LogP contribution is 2.12. The van der Waals surface area contributed by atoms with Crippen molar-refractivity contribution in [1.29, 1.82) is 0 Å². The molecule has 2 rings (SSSR count). The lowest BCUT2D eigenvalue weighted by atomic mass is 10.3. The maximum Gasteiger partial charge on any atom is 0.224 e. The van der Waals surface area contributed by atoms with Crippen molar-refractivity contribution in [3.63, 3.8) is 0 Å². The third-order valence-electron chi connectivity index (χ3n) is 2.14. The van der Waals surface area contributed by atoms with Crippen molar-refractivity contribution in [2.75, 3.05) is 6.61 Å². The van der Waals surface area contributed by atoms with Gasteiger partial charge >= 0.3 is 0 Å². The quantitative estimate of drug-likeness (QED) is 0.630. The van der Waals surface area contributed by atoms with Crippen LogP contribution in [0.4, 0.5) is 0 Å². The minimum atomic E-state index is 0.211. The molecule has 2 aromatic rings. The number of imidazole rings is 1. The molecule has 1 N–H and O–H groups in total. The third-order valence-corrected chi connectivity index (χ3v) is 2.32. The maximum atomic E-state index is 8.68. The van der Waals surface area contributed by atoms with E-state index in [2.05, 4.69) is 15.0 Å². The van der Waals surface area contributed by atoms with Gasteiger partial charge in [0, 0.05) is 13.2 Å². The van der Waals surface area contributed by atoms with Crippen molar-refractivity contribution in [2.24, 2.45) is 0 Å². The molecule has 0 amide bonds. The molecule has 0 saturated heterocycles. The van der Waals surface area contributed by atoms with E-state index in [4.69, 9.17) is 16.7 Å². The van der Waals surface area contributed by atoms with Gasteiger partial charge in [-0.05, 0) is 24.4 Å². The summed E-state index contributed by atoms with van der Waals surface area (Å²) in [6.07, 6.45) is 4.99. The molecule has 0 unspecified atom stereocenters. The third kappa shape index (κ3) is 2.24. The Hall–Kier alpha value is -1.20. The zero-order chi connectivity index (χ0) is 10.7. The number of aliphatic hydroxyl groups excluding tert-OH is 1. The lowest BCUT2D eigenvalue weighted by Crippen LogP contribution is -1.99. The SMILES string of the molecule is OCCCCn1cnc2cnc(Cl)nc21. The molecule has 0 aliphatic carbocycles. The number of halogens is 1. The molecule has 2 heterocycles. The van der Waals surface area contributed by atoms with E-state index >= 15 is 0 Å². The number of hydrogen-bond donors (Lipinski definition) is 1. The zero-order valence-electron chi connectivity index (χ0n) is 8.10. The summed E-state index contributed by atoms with van der Waals surface area (Å²) in [6.45, 7) is 0.993. The lowest BCUT2D eigenvalue weighted by molar-refractivity contribution is 0.281. The van der Waals surface area contributed by atoms with E-state index in [1.165, 1.54) is 0 Å². The van der Waals surface area contributed by atoms with Gasteiger partial charge in [0.1, 0.15) is 5.52 Å². The molecular weight excluding hydrogens is 216 g/mol. The van der Waals surface area contributed by atoms with Crippen LogP contribution in [0.5, 0.6) is 0 Å². The summed E-state index contributed by atoms with van der Waals surface area (Å²) in [5.41, 5.74) is 1.48. The van der Waals surface area contributed by atoms with E-state index in [1.807, 2.05) is 4.57 Å². The first kappa shape index (κ1) is 10.3. The summed E-state index contributed by atoms with van der Waals surface area (Å²) >= 11 is 5.71. The van der Waals surface area contributed by atoms with Crippen LogP contribution in [0.15, 0.2) is 12.5 Å². The Morgan fingerprint density at radius 2 is 2.20 bits per heavy atom. The number of nitrogens with zero attached hydrogens (tertiary/aromatic N) is 4. The largest absolute Gasteiger partial charge is 0.396 e. The van der Waals surface area contributed by atoms with Crippen LogP contribution >= 0.6 is 11.6 Å². The average Bonchev–Trinajstić information content (AvgIpc) is 2.62. The van der Waals surface area contributed by atoms with Crippen LogP contribution in [0.3, 0.4) is 0 Å². The summed E-state index contributed by atoms with van der Waals surface area (Å²) in [4.78, 5) is 12.1. The van der Waals surface area contributed by atoms with Gasteiger partial charge in [0.25, 0.3) is 0 Å². The summed E-state index contributed by atoms with van der Waals surface area (Å²) in [6, 6.07) is 0. The number of fused-ring (bicyclic) bond motifs is 1. The molecule has 5 nitrogen and oxygen atoms in total. The van der Waals surface area contributed by atoms with Crippen LogP contribution in [0, 0.1) is 0 Å². The van der Waals surface area contributed by atoms with Crippen molar-refractivity contribution in [1.82, 2.24) is 19.5 Å². The summed E-state index contributed by atoms with van der Waals surface area (Å²) < 4.78 is 1.92. The number of aromatic nitrogens is 4. The van der Waals surface area contributed by atoms with Gasteiger partial charge < -0.3 is 9.67 Å². The number of hydrogen-bond acceptors (Lipinski definition) is 4. The molecule has 6 heteroatoms. The minimum Gasteiger partial charge on any atom is -0.396 e. The first-order chi connectivity index (χ1) is 7.31. The normalized spacial score (nSPS) is 11.1. The fourth-order valence-corrected chi connectivity index (χ4v) is 1.52. The molecule has 2 aromatic heterocycles. The first-order valence-corrected chi connectivity index (χ1v) is 5.13. The van der Waals surface area contributed by atoms with Gasteiger partial charge in [-0.15, -0.1) is 0 Å². The van der Waals surface area contributed by atoms with Crippen molar-refractivity contribution in [3.8, 4) is 0 Å². The average molecular weight is 227 g/mol. The fraction of sp³-hybridized carbons (Fsp3) is 0.444. The van der Waals surface area contributed by atoms with Crippen LogP contribution in [-0.2, 0) is 6.54 Å². The maximum absolute atomic E-state index is 8.68. The number of aliphatic hydroxyl groups is 1. The highest BCUT2D eigenvalue weighted by Gasteiger charge is 2.04. The van der Waals surface area contributed by atoms with Crippen molar-refractivity contribution >= 4 is 22.8 Å². The number of rotatable bonds is 4. The number of unbranched alkanes of at least 4 members (excludes halogenated alkanes) is 1. The molecule has 0 atom stereocenters. The molecular formula is C9H11ClN4O. The summed E-state index contributed by atoms with van der Waals surface area (Å²) in [7, 11) is 0. The van der Waals surface area contributed by atoms with Crippen LogP contribution in [0.25, 0.3) is 11.2 Å².